The number of benzene rings is 3. The van der Waals surface area contributed by atoms with Crippen molar-refractivity contribution >= 4 is 43.5 Å². The second-order valence-electron chi connectivity index (χ2n) is 9.72. The molecule has 208 valence electrons. The van der Waals surface area contributed by atoms with Crippen LogP contribution in [0.4, 0.5) is 10.1 Å². The van der Waals surface area contributed by atoms with Crippen molar-refractivity contribution in [2.45, 2.75) is 32.9 Å². The number of amides is 2. The van der Waals surface area contributed by atoms with Crippen molar-refractivity contribution in [1.82, 2.24) is 10.2 Å². The molecular formula is C29H33BrFN3O4S. The van der Waals surface area contributed by atoms with Gasteiger partial charge < -0.3 is 10.2 Å². The maximum atomic E-state index is 14.7. The average Bonchev–Trinajstić information content (AvgIpc) is 2.88. The van der Waals surface area contributed by atoms with Gasteiger partial charge in [-0.15, -0.1) is 0 Å². The van der Waals surface area contributed by atoms with E-state index in [0.29, 0.717) is 6.54 Å². The van der Waals surface area contributed by atoms with E-state index in [1.165, 1.54) is 23.1 Å². The van der Waals surface area contributed by atoms with E-state index in [4.69, 9.17) is 0 Å². The van der Waals surface area contributed by atoms with Crippen LogP contribution in [0.2, 0.25) is 0 Å². The Kier molecular flexibility index (Phi) is 10.7. The number of nitrogens with zero attached hydrogens (tertiary/aromatic N) is 2. The molecule has 3 rings (SSSR count). The van der Waals surface area contributed by atoms with Crippen LogP contribution in [0.25, 0.3) is 0 Å². The number of sulfonamides is 1. The van der Waals surface area contributed by atoms with E-state index in [0.717, 1.165) is 32.2 Å². The summed E-state index contributed by atoms with van der Waals surface area (Å²) in [5, 5.41) is 2.93. The van der Waals surface area contributed by atoms with Gasteiger partial charge in [0.2, 0.25) is 21.8 Å². The molecule has 2 amide bonds. The molecule has 3 aromatic rings. The van der Waals surface area contributed by atoms with E-state index < -0.39 is 34.3 Å². The lowest BCUT2D eigenvalue weighted by Crippen LogP contribution is -2.53. The molecule has 0 unspecified atom stereocenters. The second-order valence-corrected chi connectivity index (χ2v) is 12.5. The number of carbonyl (C=O) groups is 2. The zero-order valence-electron chi connectivity index (χ0n) is 22.2. The SMILES string of the molecule is CC(C)CNC(=O)[C@@H](Cc1ccccc1)N(Cc1cccc(Br)c1)C(=O)CN(c1ccccc1F)S(C)(=O)=O. The lowest BCUT2D eigenvalue weighted by molar-refractivity contribution is -0.140. The van der Waals surface area contributed by atoms with E-state index in [9.17, 15) is 22.4 Å². The summed E-state index contributed by atoms with van der Waals surface area (Å²) in [6.07, 6.45) is 1.13. The molecule has 0 aliphatic carbocycles. The van der Waals surface area contributed by atoms with Crippen molar-refractivity contribution in [3.05, 3.63) is 100 Å². The Morgan fingerprint density at radius 3 is 2.21 bits per heavy atom. The number of hydrogen-bond acceptors (Lipinski definition) is 4. The zero-order chi connectivity index (χ0) is 28.6. The normalized spacial score (nSPS) is 12.2. The first-order chi connectivity index (χ1) is 18.5. The number of para-hydroxylation sites is 1. The Labute approximate surface area is 238 Å². The summed E-state index contributed by atoms with van der Waals surface area (Å²) in [5.41, 5.74) is 1.34. The molecule has 0 radical (unpaired) electrons. The van der Waals surface area contributed by atoms with Crippen molar-refractivity contribution in [3.8, 4) is 0 Å². The third-order valence-electron chi connectivity index (χ3n) is 6.00. The Morgan fingerprint density at radius 2 is 1.59 bits per heavy atom. The number of anilines is 1. The van der Waals surface area contributed by atoms with Crippen LogP contribution in [0.5, 0.6) is 0 Å². The minimum absolute atomic E-state index is 0.0414. The van der Waals surface area contributed by atoms with E-state index in [2.05, 4.69) is 21.2 Å². The maximum Gasteiger partial charge on any atom is 0.244 e. The lowest BCUT2D eigenvalue weighted by Gasteiger charge is -2.33. The first kappa shape index (κ1) is 30.3. The van der Waals surface area contributed by atoms with Gasteiger partial charge in [0.05, 0.1) is 11.9 Å². The average molecular weight is 619 g/mol. The molecule has 1 N–H and O–H groups in total. The second kappa shape index (κ2) is 13.7. The summed E-state index contributed by atoms with van der Waals surface area (Å²) < 4.78 is 41.6. The molecule has 0 saturated heterocycles. The standard InChI is InChI=1S/C29H33BrFN3O4S/c1-21(2)18-32-29(36)27(17-22-10-5-4-6-11-22)33(19-23-12-9-13-24(30)16-23)28(35)20-34(39(3,37)38)26-15-8-7-14-25(26)31/h4-16,21,27H,17-20H2,1-3H3,(H,32,36)/t27-/m1/s1. The number of halogens is 2. The lowest BCUT2D eigenvalue weighted by atomic mass is 10.0. The minimum atomic E-state index is -4.04. The molecular weight excluding hydrogens is 585 g/mol. The molecule has 0 aliphatic heterocycles. The summed E-state index contributed by atoms with van der Waals surface area (Å²) in [6, 6.07) is 21.0. The molecule has 10 heteroatoms. The Hall–Kier alpha value is -3.24. The monoisotopic (exact) mass is 617 g/mol. The van der Waals surface area contributed by atoms with Crippen molar-refractivity contribution in [2.24, 2.45) is 5.92 Å². The van der Waals surface area contributed by atoms with Gasteiger partial charge in [0.15, 0.2) is 0 Å². The van der Waals surface area contributed by atoms with Crippen LogP contribution in [0.15, 0.2) is 83.3 Å². The number of nitrogens with one attached hydrogen (secondary N) is 1. The van der Waals surface area contributed by atoms with E-state index >= 15 is 0 Å². The largest absolute Gasteiger partial charge is 0.354 e. The Bertz CT molecular complexity index is 1390. The van der Waals surface area contributed by atoms with Gasteiger partial charge in [0.1, 0.15) is 18.4 Å². The van der Waals surface area contributed by atoms with E-state index in [1.807, 2.05) is 68.4 Å². The van der Waals surface area contributed by atoms with Gasteiger partial charge >= 0.3 is 0 Å². The topological polar surface area (TPSA) is 86.8 Å². The van der Waals surface area contributed by atoms with Crippen molar-refractivity contribution < 1.29 is 22.4 Å². The van der Waals surface area contributed by atoms with E-state index in [-0.39, 0.29) is 30.5 Å². The summed E-state index contributed by atoms with van der Waals surface area (Å²) in [4.78, 5) is 28.9. The van der Waals surface area contributed by atoms with Gasteiger partial charge in [0.25, 0.3) is 0 Å². The molecule has 39 heavy (non-hydrogen) atoms. The van der Waals surface area contributed by atoms with Crippen molar-refractivity contribution in [1.29, 1.82) is 0 Å². The zero-order valence-corrected chi connectivity index (χ0v) is 24.6. The molecule has 3 aromatic carbocycles. The maximum absolute atomic E-state index is 14.7. The summed E-state index contributed by atoms with van der Waals surface area (Å²) in [7, 11) is -4.04. The number of hydrogen-bond donors (Lipinski definition) is 1. The van der Waals surface area contributed by atoms with E-state index in [1.54, 1.807) is 0 Å². The van der Waals surface area contributed by atoms with Gasteiger partial charge in [-0.1, -0.05) is 84.4 Å². The van der Waals surface area contributed by atoms with Crippen molar-refractivity contribution in [3.63, 3.8) is 0 Å². The summed E-state index contributed by atoms with van der Waals surface area (Å²) in [6.45, 7) is 3.72. The van der Waals surface area contributed by atoms with Gasteiger partial charge in [-0.3, -0.25) is 13.9 Å². The fourth-order valence-electron chi connectivity index (χ4n) is 4.06. The van der Waals surface area contributed by atoms with Gasteiger partial charge in [-0.05, 0) is 41.3 Å². The van der Waals surface area contributed by atoms with Crippen LogP contribution >= 0.6 is 15.9 Å². The van der Waals surface area contributed by atoms with Crippen LogP contribution in [-0.4, -0.2) is 50.5 Å². The number of rotatable bonds is 12. The highest BCUT2D eigenvalue weighted by atomic mass is 79.9. The van der Waals surface area contributed by atoms with Crippen LogP contribution in [-0.2, 0) is 32.6 Å². The highest BCUT2D eigenvalue weighted by Gasteiger charge is 2.33. The third-order valence-corrected chi connectivity index (χ3v) is 7.62. The molecule has 0 aliphatic rings. The summed E-state index contributed by atoms with van der Waals surface area (Å²) in [5.74, 6) is -1.58. The predicted molar refractivity (Wildman–Crippen MR) is 155 cm³/mol. The Balaban J connectivity index is 2.05. The predicted octanol–water partition coefficient (Wildman–Crippen LogP) is 4.77. The minimum Gasteiger partial charge on any atom is -0.354 e. The van der Waals surface area contributed by atoms with Gasteiger partial charge in [0, 0.05) is 24.0 Å². The molecule has 0 aromatic heterocycles. The fourth-order valence-corrected chi connectivity index (χ4v) is 5.35. The summed E-state index contributed by atoms with van der Waals surface area (Å²) >= 11 is 3.44. The molecule has 7 nitrogen and oxygen atoms in total. The molecule has 0 heterocycles. The molecule has 1 atom stereocenters. The number of carbonyl (C=O) groups excluding carboxylic acids is 2. The van der Waals surface area contributed by atoms with Crippen LogP contribution < -0.4 is 9.62 Å². The quantitative estimate of drug-likeness (QED) is 0.317. The third kappa shape index (κ3) is 8.90. The smallest absolute Gasteiger partial charge is 0.244 e. The highest BCUT2D eigenvalue weighted by molar-refractivity contribution is 9.10. The van der Waals surface area contributed by atoms with Crippen LogP contribution in [0.3, 0.4) is 0 Å². The van der Waals surface area contributed by atoms with Crippen LogP contribution in [0, 0.1) is 11.7 Å². The molecule has 0 bridgehead atoms. The van der Waals surface area contributed by atoms with Gasteiger partial charge in [-0.2, -0.15) is 0 Å². The Morgan fingerprint density at radius 1 is 0.949 bits per heavy atom. The molecule has 0 saturated carbocycles. The first-order valence-electron chi connectivity index (χ1n) is 12.5. The molecule has 0 spiro atoms. The fraction of sp³-hybridized carbons (Fsp3) is 0.310. The van der Waals surface area contributed by atoms with Gasteiger partial charge in [-0.25, -0.2) is 12.8 Å². The van der Waals surface area contributed by atoms with Crippen molar-refractivity contribution in [2.75, 3.05) is 23.7 Å². The first-order valence-corrected chi connectivity index (χ1v) is 15.2. The molecule has 0 fully saturated rings. The van der Waals surface area contributed by atoms with Crippen LogP contribution in [0.1, 0.15) is 25.0 Å². The highest BCUT2D eigenvalue weighted by Crippen LogP contribution is 2.23.